The van der Waals surface area contributed by atoms with Crippen LogP contribution in [0.5, 0.6) is 5.75 Å². The topological polar surface area (TPSA) is 73.6 Å². The number of nitrogens with two attached hydrogens (primary N) is 1. The monoisotopic (exact) mass is 396 g/mol. The van der Waals surface area contributed by atoms with E-state index in [1.165, 1.54) is 0 Å². The molecule has 2 rings (SSSR count). The van der Waals surface area contributed by atoms with E-state index in [2.05, 4.69) is 5.32 Å². The Hall–Kier alpha value is -0.720. The molecule has 8 heteroatoms. The number of carbonyl (C=O) groups excluding carboxylic acids is 1. The van der Waals surface area contributed by atoms with Crippen LogP contribution in [0.2, 0.25) is 10.0 Å². The Morgan fingerprint density at radius 1 is 1.38 bits per heavy atom. The first-order valence-corrected chi connectivity index (χ1v) is 8.52. The van der Waals surface area contributed by atoms with Gasteiger partial charge in [0.05, 0.1) is 17.7 Å². The van der Waals surface area contributed by atoms with Crippen LogP contribution in [0.1, 0.15) is 19.3 Å². The molecule has 0 radical (unpaired) electrons. The highest BCUT2D eigenvalue weighted by Crippen LogP contribution is 2.27. The van der Waals surface area contributed by atoms with Crippen molar-refractivity contribution in [2.45, 2.75) is 25.3 Å². The molecule has 1 unspecified atom stereocenters. The molecule has 1 amide bonds. The molecule has 1 atom stereocenters. The van der Waals surface area contributed by atoms with Crippen molar-refractivity contribution in [3.8, 4) is 5.75 Å². The Labute approximate surface area is 158 Å². The molecule has 1 aromatic rings. The number of halogens is 3. The van der Waals surface area contributed by atoms with Crippen molar-refractivity contribution >= 4 is 41.5 Å². The molecule has 1 saturated heterocycles. The minimum absolute atomic E-state index is 0. The number of carbonyl (C=O) groups is 1. The summed E-state index contributed by atoms with van der Waals surface area (Å²) < 4.78 is 10.8. The summed E-state index contributed by atoms with van der Waals surface area (Å²) in [5, 5.41) is 3.89. The van der Waals surface area contributed by atoms with Crippen molar-refractivity contribution in [3.63, 3.8) is 0 Å². The molecule has 0 aromatic heterocycles. The Balaban J connectivity index is 0.00000288. The number of hydrogen-bond acceptors (Lipinski definition) is 4. The van der Waals surface area contributed by atoms with Gasteiger partial charge in [0, 0.05) is 24.8 Å². The lowest BCUT2D eigenvalue weighted by molar-refractivity contribution is -0.124. The van der Waals surface area contributed by atoms with Crippen LogP contribution < -0.4 is 15.8 Å². The van der Waals surface area contributed by atoms with Crippen molar-refractivity contribution in [2.24, 2.45) is 11.7 Å². The van der Waals surface area contributed by atoms with Crippen LogP contribution in [0.15, 0.2) is 18.2 Å². The van der Waals surface area contributed by atoms with E-state index < -0.39 is 6.04 Å². The number of rotatable bonds is 7. The molecule has 0 bridgehead atoms. The normalized spacial score (nSPS) is 16.1. The summed E-state index contributed by atoms with van der Waals surface area (Å²) in [5.41, 5.74) is 6.00. The van der Waals surface area contributed by atoms with Gasteiger partial charge in [0.1, 0.15) is 5.75 Å². The molecule has 0 saturated carbocycles. The van der Waals surface area contributed by atoms with Crippen molar-refractivity contribution in [1.82, 2.24) is 5.32 Å². The Bertz CT molecular complexity index is 525. The second-order valence-corrected chi connectivity index (χ2v) is 6.39. The average Bonchev–Trinajstić information content (AvgIpc) is 2.56. The first kappa shape index (κ1) is 21.3. The zero-order chi connectivity index (χ0) is 16.7. The number of ether oxygens (including phenoxy) is 2. The van der Waals surface area contributed by atoms with Crippen LogP contribution in [-0.2, 0) is 9.53 Å². The summed E-state index contributed by atoms with van der Waals surface area (Å²) in [6.07, 6.45) is 2.35. The molecule has 1 aromatic carbocycles. The number of amides is 1. The minimum atomic E-state index is -0.467. The average molecular weight is 398 g/mol. The first-order chi connectivity index (χ1) is 11.1. The Kier molecular flexibility index (Phi) is 9.78. The molecule has 0 aliphatic carbocycles. The van der Waals surface area contributed by atoms with E-state index in [1.807, 2.05) is 0 Å². The maximum Gasteiger partial charge on any atom is 0.237 e. The largest absolute Gasteiger partial charge is 0.492 e. The smallest absolute Gasteiger partial charge is 0.237 e. The summed E-state index contributed by atoms with van der Waals surface area (Å²) in [5.74, 6) is 0.676. The van der Waals surface area contributed by atoms with Crippen LogP contribution in [0.4, 0.5) is 0 Å². The van der Waals surface area contributed by atoms with E-state index in [9.17, 15) is 4.79 Å². The van der Waals surface area contributed by atoms with Gasteiger partial charge in [-0.25, -0.2) is 0 Å². The maximum atomic E-state index is 12.0. The molecule has 1 fully saturated rings. The van der Waals surface area contributed by atoms with Crippen LogP contribution in [0, 0.1) is 5.92 Å². The highest BCUT2D eigenvalue weighted by atomic mass is 35.5. The molecule has 3 N–H and O–H groups in total. The van der Waals surface area contributed by atoms with Crippen molar-refractivity contribution in [2.75, 3.05) is 26.4 Å². The van der Waals surface area contributed by atoms with E-state index in [-0.39, 0.29) is 24.2 Å². The number of hydrogen-bond donors (Lipinski definition) is 2. The van der Waals surface area contributed by atoms with Gasteiger partial charge in [-0.05, 0) is 43.4 Å². The molecule has 136 valence electrons. The van der Waals surface area contributed by atoms with E-state index in [4.69, 9.17) is 38.4 Å². The fourth-order valence-corrected chi connectivity index (χ4v) is 2.93. The lowest BCUT2D eigenvalue weighted by Crippen LogP contribution is -2.47. The summed E-state index contributed by atoms with van der Waals surface area (Å²) in [4.78, 5) is 12.0. The zero-order valence-electron chi connectivity index (χ0n) is 13.3. The van der Waals surface area contributed by atoms with Crippen molar-refractivity contribution in [1.29, 1.82) is 0 Å². The van der Waals surface area contributed by atoms with Gasteiger partial charge in [-0.1, -0.05) is 23.2 Å². The third-order valence-corrected chi connectivity index (χ3v) is 4.38. The summed E-state index contributed by atoms with van der Waals surface area (Å²) in [7, 11) is 0. The number of benzene rings is 1. The van der Waals surface area contributed by atoms with Gasteiger partial charge in [-0.15, -0.1) is 12.4 Å². The molecule has 5 nitrogen and oxygen atoms in total. The van der Waals surface area contributed by atoms with Gasteiger partial charge < -0.3 is 20.5 Å². The van der Waals surface area contributed by atoms with Crippen LogP contribution in [-0.4, -0.2) is 38.3 Å². The summed E-state index contributed by atoms with van der Waals surface area (Å²) in [6, 6.07) is 4.61. The number of nitrogens with one attached hydrogen (secondary N) is 1. The molecule has 0 spiro atoms. The van der Waals surface area contributed by atoms with Crippen LogP contribution in [0.3, 0.4) is 0 Å². The summed E-state index contributed by atoms with van der Waals surface area (Å²) >= 11 is 11.8. The van der Waals surface area contributed by atoms with Gasteiger partial charge >= 0.3 is 0 Å². The highest BCUT2D eigenvalue weighted by molar-refractivity contribution is 6.35. The Morgan fingerprint density at radius 3 is 2.75 bits per heavy atom. The zero-order valence-corrected chi connectivity index (χ0v) is 15.6. The summed E-state index contributed by atoms with van der Waals surface area (Å²) in [6.45, 7) is 2.33. The van der Waals surface area contributed by atoms with Gasteiger partial charge in [0.25, 0.3) is 0 Å². The standard InChI is InChI=1S/C16H22Cl2N2O3.ClH/c17-12-2-3-14(13(18)10-12)23-7-1-6-20-16(21)15(19)11-4-8-22-9-5-11;/h2-3,10-11,15H,1,4-9,19H2,(H,20,21);1H. The quantitative estimate of drug-likeness (QED) is 0.694. The molecule has 1 aliphatic heterocycles. The fraction of sp³-hybridized carbons (Fsp3) is 0.562. The predicted molar refractivity (Wildman–Crippen MR) is 98.4 cm³/mol. The lowest BCUT2D eigenvalue weighted by Gasteiger charge is -2.26. The van der Waals surface area contributed by atoms with Gasteiger partial charge in [0.2, 0.25) is 5.91 Å². The second-order valence-electron chi connectivity index (χ2n) is 5.54. The SMILES string of the molecule is Cl.NC(C(=O)NCCCOc1ccc(Cl)cc1Cl)C1CCOCC1. The van der Waals surface area contributed by atoms with Crippen molar-refractivity contribution in [3.05, 3.63) is 28.2 Å². The second kappa shape index (κ2) is 11.0. The van der Waals surface area contributed by atoms with E-state index in [0.29, 0.717) is 48.6 Å². The molecular weight excluding hydrogens is 375 g/mol. The molecule has 1 aliphatic rings. The first-order valence-electron chi connectivity index (χ1n) is 7.77. The molecular formula is C16H23Cl3N2O3. The van der Waals surface area contributed by atoms with Crippen molar-refractivity contribution < 1.29 is 14.3 Å². The van der Waals surface area contributed by atoms with Gasteiger partial charge in [-0.3, -0.25) is 4.79 Å². The van der Waals surface area contributed by atoms with E-state index >= 15 is 0 Å². The van der Waals surface area contributed by atoms with Gasteiger partial charge in [-0.2, -0.15) is 0 Å². The third kappa shape index (κ3) is 6.65. The molecule has 1 heterocycles. The van der Waals surface area contributed by atoms with Crippen LogP contribution in [0.25, 0.3) is 0 Å². The highest BCUT2D eigenvalue weighted by Gasteiger charge is 2.26. The lowest BCUT2D eigenvalue weighted by atomic mass is 9.92. The minimum Gasteiger partial charge on any atom is -0.492 e. The molecule has 24 heavy (non-hydrogen) atoms. The third-order valence-electron chi connectivity index (χ3n) is 3.85. The van der Waals surface area contributed by atoms with Crippen LogP contribution >= 0.6 is 35.6 Å². The fourth-order valence-electron chi connectivity index (χ4n) is 2.47. The Morgan fingerprint density at radius 2 is 2.08 bits per heavy atom. The van der Waals surface area contributed by atoms with E-state index in [0.717, 1.165) is 12.8 Å². The maximum absolute atomic E-state index is 12.0. The van der Waals surface area contributed by atoms with Gasteiger partial charge in [0.15, 0.2) is 0 Å². The van der Waals surface area contributed by atoms with E-state index in [1.54, 1.807) is 18.2 Å². The predicted octanol–water partition coefficient (Wildman–Crippen LogP) is 3.05.